The number of carbonyl (C=O) groups is 1. The molecule has 0 saturated carbocycles. The van der Waals surface area contributed by atoms with E-state index in [1.54, 1.807) is 24.3 Å². The Labute approximate surface area is 157 Å². The summed E-state index contributed by atoms with van der Waals surface area (Å²) in [5.74, 6) is 0.833. The van der Waals surface area contributed by atoms with Crippen LogP contribution in [-0.4, -0.2) is 33.4 Å². The molecule has 0 atom stereocenters. The highest BCUT2D eigenvalue weighted by molar-refractivity contribution is 6.34. The van der Waals surface area contributed by atoms with Gasteiger partial charge < -0.3 is 9.88 Å². The summed E-state index contributed by atoms with van der Waals surface area (Å²) in [6, 6.07) is 12.8. The molecule has 1 fully saturated rings. The normalized spacial score (nSPS) is 14.8. The monoisotopic (exact) mass is 368 g/mol. The Balaban J connectivity index is 1.57. The van der Waals surface area contributed by atoms with E-state index in [0.29, 0.717) is 16.3 Å². The Hall–Kier alpha value is -2.37. The van der Waals surface area contributed by atoms with Crippen molar-refractivity contribution in [1.29, 1.82) is 0 Å². The molecule has 1 aromatic heterocycles. The van der Waals surface area contributed by atoms with Crippen molar-refractivity contribution in [2.24, 2.45) is 7.05 Å². The number of hydrogen-bond donors (Lipinski definition) is 1. The third kappa shape index (κ3) is 3.32. The van der Waals surface area contributed by atoms with E-state index in [2.05, 4.69) is 14.8 Å². The van der Waals surface area contributed by atoms with E-state index < -0.39 is 0 Å². The van der Waals surface area contributed by atoms with Crippen LogP contribution < -0.4 is 5.32 Å². The summed E-state index contributed by atoms with van der Waals surface area (Å²) >= 11 is 6.10. The number of hydrogen-bond acceptors (Lipinski definition) is 3. The van der Waals surface area contributed by atoms with Crippen molar-refractivity contribution < 1.29 is 4.79 Å². The van der Waals surface area contributed by atoms with Gasteiger partial charge in [0, 0.05) is 12.7 Å². The molecule has 1 amide bonds. The van der Waals surface area contributed by atoms with Crippen LogP contribution in [0.25, 0.3) is 11.0 Å². The Morgan fingerprint density at radius 1 is 1.19 bits per heavy atom. The van der Waals surface area contributed by atoms with E-state index in [1.807, 2.05) is 25.2 Å². The number of amides is 1. The fourth-order valence-electron chi connectivity index (χ4n) is 3.45. The van der Waals surface area contributed by atoms with Gasteiger partial charge in [-0.1, -0.05) is 23.7 Å². The molecule has 2 heterocycles. The van der Waals surface area contributed by atoms with Gasteiger partial charge in [0.2, 0.25) is 0 Å². The number of benzene rings is 2. The van der Waals surface area contributed by atoms with Gasteiger partial charge in [0.25, 0.3) is 5.91 Å². The average Bonchev–Trinajstić information content (AvgIpc) is 3.24. The molecule has 26 heavy (non-hydrogen) atoms. The molecule has 3 aromatic rings. The number of fused-ring (bicyclic) bond motifs is 1. The molecular weight excluding hydrogens is 348 g/mol. The number of imidazole rings is 1. The number of likely N-dealkylation sites (tertiary alicyclic amines) is 1. The third-order valence-electron chi connectivity index (χ3n) is 4.91. The molecule has 2 aromatic carbocycles. The second kappa shape index (κ2) is 7.09. The minimum absolute atomic E-state index is 0.219. The van der Waals surface area contributed by atoms with Gasteiger partial charge in [-0.2, -0.15) is 0 Å². The first kappa shape index (κ1) is 17.1. The SMILES string of the molecule is Cn1c(CN2CCCC2)nc2cc(NC(=O)c3ccccc3Cl)ccc21. The van der Waals surface area contributed by atoms with Crippen molar-refractivity contribution in [3.05, 3.63) is 58.9 Å². The van der Waals surface area contributed by atoms with E-state index in [0.717, 1.165) is 36.5 Å². The molecule has 0 bridgehead atoms. The van der Waals surface area contributed by atoms with E-state index in [1.165, 1.54) is 12.8 Å². The fourth-order valence-corrected chi connectivity index (χ4v) is 3.67. The van der Waals surface area contributed by atoms with Gasteiger partial charge in [0.05, 0.1) is 28.2 Å². The number of aryl methyl sites for hydroxylation is 1. The minimum atomic E-state index is -0.219. The predicted octanol–water partition coefficient (Wildman–Crippen LogP) is 4.07. The van der Waals surface area contributed by atoms with Crippen molar-refractivity contribution in [2.45, 2.75) is 19.4 Å². The number of rotatable bonds is 4. The molecule has 1 aliphatic rings. The van der Waals surface area contributed by atoms with Gasteiger partial charge in [-0.25, -0.2) is 4.98 Å². The van der Waals surface area contributed by atoms with Crippen molar-refractivity contribution >= 4 is 34.2 Å². The van der Waals surface area contributed by atoms with E-state index in [4.69, 9.17) is 16.6 Å². The smallest absolute Gasteiger partial charge is 0.257 e. The van der Waals surface area contributed by atoms with Gasteiger partial charge in [-0.15, -0.1) is 0 Å². The summed E-state index contributed by atoms with van der Waals surface area (Å²) in [6.07, 6.45) is 2.53. The maximum Gasteiger partial charge on any atom is 0.257 e. The lowest BCUT2D eigenvalue weighted by Gasteiger charge is -2.13. The Bertz CT molecular complexity index is 960. The fraction of sp³-hybridized carbons (Fsp3) is 0.300. The van der Waals surface area contributed by atoms with Crippen LogP contribution in [0.4, 0.5) is 5.69 Å². The van der Waals surface area contributed by atoms with Crippen LogP contribution >= 0.6 is 11.6 Å². The van der Waals surface area contributed by atoms with Crippen LogP contribution in [0.5, 0.6) is 0 Å². The summed E-state index contributed by atoms with van der Waals surface area (Å²) in [7, 11) is 2.04. The maximum absolute atomic E-state index is 12.4. The first-order chi connectivity index (χ1) is 12.6. The van der Waals surface area contributed by atoms with Gasteiger partial charge >= 0.3 is 0 Å². The number of halogens is 1. The zero-order valence-corrected chi connectivity index (χ0v) is 15.5. The summed E-state index contributed by atoms with van der Waals surface area (Å²) in [6.45, 7) is 3.15. The Morgan fingerprint density at radius 2 is 1.96 bits per heavy atom. The zero-order valence-electron chi connectivity index (χ0n) is 14.7. The van der Waals surface area contributed by atoms with Crippen LogP contribution in [0.2, 0.25) is 5.02 Å². The van der Waals surface area contributed by atoms with Crippen molar-refractivity contribution in [3.63, 3.8) is 0 Å². The first-order valence-electron chi connectivity index (χ1n) is 8.85. The van der Waals surface area contributed by atoms with E-state index in [9.17, 15) is 4.79 Å². The van der Waals surface area contributed by atoms with Gasteiger partial charge in [0.15, 0.2) is 0 Å². The topological polar surface area (TPSA) is 50.2 Å². The highest BCUT2D eigenvalue weighted by Gasteiger charge is 2.16. The highest BCUT2D eigenvalue weighted by atomic mass is 35.5. The summed E-state index contributed by atoms with van der Waals surface area (Å²) < 4.78 is 2.13. The standard InChI is InChI=1S/C20H21ClN4O/c1-24-18-9-8-14(22-20(26)15-6-2-3-7-16(15)21)12-17(18)23-19(24)13-25-10-4-5-11-25/h2-3,6-9,12H,4-5,10-11,13H2,1H3,(H,22,26). The zero-order chi connectivity index (χ0) is 18.1. The quantitative estimate of drug-likeness (QED) is 0.755. The third-order valence-corrected chi connectivity index (χ3v) is 5.24. The molecule has 134 valence electrons. The molecule has 0 spiro atoms. The Morgan fingerprint density at radius 3 is 2.73 bits per heavy atom. The summed E-state index contributed by atoms with van der Waals surface area (Å²) in [5.41, 5.74) is 3.13. The molecular formula is C20H21ClN4O. The second-order valence-electron chi connectivity index (χ2n) is 6.71. The molecule has 5 nitrogen and oxygen atoms in total. The predicted molar refractivity (Wildman–Crippen MR) is 105 cm³/mol. The molecule has 4 rings (SSSR count). The number of carbonyl (C=O) groups excluding carboxylic acids is 1. The molecule has 6 heteroatoms. The van der Waals surface area contributed by atoms with Crippen LogP contribution in [0.15, 0.2) is 42.5 Å². The highest BCUT2D eigenvalue weighted by Crippen LogP contribution is 2.23. The summed E-state index contributed by atoms with van der Waals surface area (Å²) in [5, 5.41) is 3.35. The molecule has 1 saturated heterocycles. The molecule has 0 radical (unpaired) electrons. The lowest BCUT2D eigenvalue weighted by molar-refractivity contribution is 0.102. The van der Waals surface area contributed by atoms with E-state index in [-0.39, 0.29) is 5.91 Å². The van der Waals surface area contributed by atoms with Crippen LogP contribution in [0.3, 0.4) is 0 Å². The van der Waals surface area contributed by atoms with Gasteiger partial charge in [-0.3, -0.25) is 9.69 Å². The number of aromatic nitrogens is 2. The van der Waals surface area contributed by atoms with Crippen LogP contribution in [0, 0.1) is 0 Å². The summed E-state index contributed by atoms with van der Waals surface area (Å²) in [4.78, 5) is 19.7. The van der Waals surface area contributed by atoms with Crippen molar-refractivity contribution in [2.75, 3.05) is 18.4 Å². The molecule has 1 N–H and O–H groups in total. The van der Waals surface area contributed by atoms with Crippen molar-refractivity contribution in [3.8, 4) is 0 Å². The lowest BCUT2D eigenvalue weighted by Crippen LogP contribution is -2.20. The maximum atomic E-state index is 12.4. The molecule has 0 unspecified atom stereocenters. The minimum Gasteiger partial charge on any atom is -0.330 e. The van der Waals surface area contributed by atoms with Crippen molar-refractivity contribution in [1.82, 2.24) is 14.5 Å². The number of anilines is 1. The Kier molecular flexibility index (Phi) is 4.66. The first-order valence-corrected chi connectivity index (χ1v) is 9.23. The lowest BCUT2D eigenvalue weighted by atomic mass is 10.2. The molecule has 0 aliphatic carbocycles. The number of nitrogens with one attached hydrogen (secondary N) is 1. The average molecular weight is 369 g/mol. The van der Waals surface area contributed by atoms with Gasteiger partial charge in [-0.05, 0) is 56.3 Å². The molecule has 1 aliphatic heterocycles. The van der Waals surface area contributed by atoms with Crippen LogP contribution in [0.1, 0.15) is 29.0 Å². The van der Waals surface area contributed by atoms with Crippen LogP contribution in [-0.2, 0) is 13.6 Å². The van der Waals surface area contributed by atoms with E-state index >= 15 is 0 Å². The number of nitrogens with zero attached hydrogens (tertiary/aromatic N) is 3. The largest absolute Gasteiger partial charge is 0.330 e. The second-order valence-corrected chi connectivity index (χ2v) is 7.11. The van der Waals surface area contributed by atoms with Gasteiger partial charge in [0.1, 0.15) is 5.82 Å².